The maximum Gasteiger partial charge on any atom is 0.278 e. The Hall–Kier alpha value is -3.86. The Morgan fingerprint density at radius 2 is 1.52 bits per heavy atom. The summed E-state index contributed by atoms with van der Waals surface area (Å²) in [6.07, 6.45) is 0.933. The first-order chi connectivity index (χ1) is 15.1. The molecule has 1 aliphatic heterocycles. The summed E-state index contributed by atoms with van der Waals surface area (Å²) in [7, 11) is 1.58. The minimum atomic E-state index is -0.352. The maximum atomic E-state index is 13.4. The maximum absolute atomic E-state index is 13.4. The summed E-state index contributed by atoms with van der Waals surface area (Å²) in [4.78, 5) is 28.0. The first-order valence-corrected chi connectivity index (χ1v) is 10.3. The molecule has 0 aliphatic carbocycles. The van der Waals surface area contributed by atoms with Gasteiger partial charge >= 0.3 is 0 Å². The van der Waals surface area contributed by atoms with Crippen molar-refractivity contribution in [1.29, 1.82) is 0 Å². The van der Waals surface area contributed by atoms with Crippen LogP contribution in [0.4, 0.5) is 5.69 Å². The van der Waals surface area contributed by atoms with Gasteiger partial charge in [0.1, 0.15) is 11.4 Å². The average Bonchev–Trinajstić information content (AvgIpc) is 3.04. The molecule has 0 fully saturated rings. The number of para-hydroxylation sites is 1. The standard InChI is InChI=1S/C26H24N2O3/c1-3-18-13-15-21(16-14-18)27-24-23(19-9-5-4-6-10-19)25(29)28(26(24)30)17-20-11-7-8-12-22(20)31-2/h4-16,27H,3,17H2,1-2H3. The molecule has 5 nitrogen and oxygen atoms in total. The zero-order valence-electron chi connectivity index (χ0n) is 17.6. The predicted molar refractivity (Wildman–Crippen MR) is 121 cm³/mol. The largest absolute Gasteiger partial charge is 0.496 e. The van der Waals surface area contributed by atoms with Crippen LogP contribution in [0.2, 0.25) is 0 Å². The van der Waals surface area contributed by atoms with Gasteiger partial charge in [-0.25, -0.2) is 0 Å². The molecule has 0 aromatic heterocycles. The second-order valence-corrected chi connectivity index (χ2v) is 7.30. The van der Waals surface area contributed by atoms with E-state index in [-0.39, 0.29) is 24.1 Å². The summed E-state index contributed by atoms with van der Waals surface area (Å²) in [5, 5.41) is 3.20. The van der Waals surface area contributed by atoms with Crippen molar-refractivity contribution in [3.63, 3.8) is 0 Å². The van der Waals surface area contributed by atoms with Crippen LogP contribution in [0.1, 0.15) is 23.6 Å². The molecule has 0 saturated heterocycles. The Balaban J connectivity index is 1.71. The molecule has 0 atom stereocenters. The van der Waals surface area contributed by atoms with Gasteiger partial charge in [-0.1, -0.05) is 67.6 Å². The van der Waals surface area contributed by atoms with Crippen molar-refractivity contribution in [3.05, 3.63) is 101 Å². The zero-order chi connectivity index (χ0) is 21.8. The van der Waals surface area contributed by atoms with E-state index in [1.807, 2.05) is 78.9 Å². The van der Waals surface area contributed by atoms with Crippen LogP contribution >= 0.6 is 0 Å². The molecule has 0 bridgehead atoms. The fraction of sp³-hybridized carbons (Fsp3) is 0.154. The summed E-state index contributed by atoms with van der Waals surface area (Å²) >= 11 is 0. The Labute approximate surface area is 182 Å². The van der Waals surface area contributed by atoms with E-state index in [0.717, 1.165) is 17.7 Å². The first-order valence-electron chi connectivity index (χ1n) is 10.3. The molecule has 0 spiro atoms. The van der Waals surface area contributed by atoms with E-state index in [4.69, 9.17) is 4.74 Å². The van der Waals surface area contributed by atoms with Gasteiger partial charge in [0.2, 0.25) is 0 Å². The van der Waals surface area contributed by atoms with Gasteiger partial charge in [-0.3, -0.25) is 14.5 Å². The fourth-order valence-corrected chi connectivity index (χ4v) is 3.68. The lowest BCUT2D eigenvalue weighted by Crippen LogP contribution is -2.32. The number of ether oxygens (including phenoxy) is 1. The first kappa shape index (κ1) is 20.4. The van der Waals surface area contributed by atoms with Gasteiger partial charge in [0.05, 0.1) is 19.2 Å². The van der Waals surface area contributed by atoms with Crippen LogP contribution in [-0.4, -0.2) is 23.8 Å². The van der Waals surface area contributed by atoms with E-state index in [2.05, 4.69) is 12.2 Å². The lowest BCUT2D eigenvalue weighted by atomic mass is 10.0. The molecular weight excluding hydrogens is 388 g/mol. The molecule has 156 valence electrons. The molecule has 5 heteroatoms. The quantitative estimate of drug-likeness (QED) is 0.574. The van der Waals surface area contributed by atoms with E-state index in [1.54, 1.807) is 7.11 Å². The smallest absolute Gasteiger partial charge is 0.278 e. The van der Waals surface area contributed by atoms with Crippen LogP contribution < -0.4 is 10.1 Å². The number of aryl methyl sites for hydroxylation is 1. The molecule has 0 unspecified atom stereocenters. The third kappa shape index (κ3) is 4.08. The number of amides is 2. The van der Waals surface area contributed by atoms with E-state index in [9.17, 15) is 9.59 Å². The highest BCUT2D eigenvalue weighted by Gasteiger charge is 2.39. The number of anilines is 1. The number of hydrogen-bond donors (Lipinski definition) is 1. The SMILES string of the molecule is CCc1ccc(NC2=C(c3ccccc3)C(=O)N(Cc3ccccc3OC)C2=O)cc1. The van der Waals surface area contributed by atoms with Crippen LogP contribution in [0.15, 0.2) is 84.6 Å². The highest BCUT2D eigenvalue weighted by atomic mass is 16.5. The summed E-state index contributed by atoms with van der Waals surface area (Å²) in [6, 6.07) is 24.6. The summed E-state index contributed by atoms with van der Waals surface area (Å²) in [5.41, 5.74) is 4.11. The van der Waals surface area contributed by atoms with Crippen molar-refractivity contribution < 1.29 is 14.3 Å². The summed E-state index contributed by atoms with van der Waals surface area (Å²) in [6.45, 7) is 2.23. The Bertz CT molecular complexity index is 1130. The van der Waals surface area contributed by atoms with Crippen molar-refractivity contribution in [2.45, 2.75) is 19.9 Å². The fourth-order valence-electron chi connectivity index (χ4n) is 3.68. The highest BCUT2D eigenvalue weighted by molar-refractivity contribution is 6.36. The second-order valence-electron chi connectivity index (χ2n) is 7.30. The normalized spacial score (nSPS) is 13.7. The molecule has 3 aromatic rings. The lowest BCUT2D eigenvalue weighted by molar-refractivity contribution is -0.137. The molecule has 31 heavy (non-hydrogen) atoms. The van der Waals surface area contributed by atoms with E-state index in [1.165, 1.54) is 10.5 Å². The molecule has 1 heterocycles. The van der Waals surface area contributed by atoms with Gasteiger partial charge in [0, 0.05) is 11.3 Å². The van der Waals surface area contributed by atoms with Crippen molar-refractivity contribution in [3.8, 4) is 5.75 Å². The minimum Gasteiger partial charge on any atom is -0.496 e. The van der Waals surface area contributed by atoms with Crippen molar-refractivity contribution in [1.82, 2.24) is 4.90 Å². The van der Waals surface area contributed by atoms with Crippen LogP contribution in [0.5, 0.6) is 5.75 Å². The Morgan fingerprint density at radius 1 is 0.839 bits per heavy atom. The van der Waals surface area contributed by atoms with E-state index in [0.29, 0.717) is 16.9 Å². The topological polar surface area (TPSA) is 58.6 Å². The molecule has 4 rings (SSSR count). The highest BCUT2D eigenvalue weighted by Crippen LogP contribution is 2.32. The van der Waals surface area contributed by atoms with Crippen LogP contribution in [-0.2, 0) is 22.6 Å². The van der Waals surface area contributed by atoms with Crippen LogP contribution in [0, 0.1) is 0 Å². The number of carbonyl (C=O) groups is 2. The monoisotopic (exact) mass is 412 g/mol. The zero-order valence-corrected chi connectivity index (χ0v) is 17.6. The molecule has 1 N–H and O–H groups in total. The number of benzene rings is 3. The van der Waals surface area contributed by atoms with Gasteiger partial charge < -0.3 is 10.1 Å². The van der Waals surface area contributed by atoms with Crippen molar-refractivity contribution >= 4 is 23.1 Å². The number of carbonyl (C=O) groups excluding carboxylic acids is 2. The Kier molecular flexibility index (Phi) is 5.85. The molecule has 3 aromatic carbocycles. The third-order valence-electron chi connectivity index (χ3n) is 5.38. The lowest BCUT2D eigenvalue weighted by Gasteiger charge is -2.17. The summed E-state index contributed by atoms with van der Waals surface area (Å²) < 4.78 is 5.40. The molecule has 1 aliphatic rings. The predicted octanol–water partition coefficient (Wildman–Crippen LogP) is 4.65. The summed E-state index contributed by atoms with van der Waals surface area (Å²) in [5.74, 6) is -0.0370. The second kappa shape index (κ2) is 8.88. The van der Waals surface area contributed by atoms with Gasteiger partial charge in [-0.15, -0.1) is 0 Å². The van der Waals surface area contributed by atoms with E-state index < -0.39 is 0 Å². The number of imide groups is 1. The van der Waals surface area contributed by atoms with E-state index >= 15 is 0 Å². The number of rotatable bonds is 7. The van der Waals surface area contributed by atoms with Gasteiger partial charge in [0.15, 0.2) is 0 Å². The van der Waals surface area contributed by atoms with Crippen molar-refractivity contribution in [2.24, 2.45) is 0 Å². The molecule has 0 saturated carbocycles. The Morgan fingerprint density at radius 3 is 2.19 bits per heavy atom. The third-order valence-corrected chi connectivity index (χ3v) is 5.38. The molecular formula is C26H24N2O3. The number of hydrogen-bond acceptors (Lipinski definition) is 4. The number of nitrogens with zero attached hydrogens (tertiary/aromatic N) is 1. The van der Waals surface area contributed by atoms with Gasteiger partial charge in [-0.05, 0) is 35.7 Å². The number of methoxy groups -OCH3 is 1. The van der Waals surface area contributed by atoms with Crippen LogP contribution in [0.3, 0.4) is 0 Å². The minimum absolute atomic E-state index is 0.137. The molecule has 2 amide bonds. The van der Waals surface area contributed by atoms with Gasteiger partial charge in [0.25, 0.3) is 11.8 Å². The van der Waals surface area contributed by atoms with Crippen molar-refractivity contribution in [2.75, 3.05) is 12.4 Å². The number of nitrogens with one attached hydrogen (secondary N) is 1. The average molecular weight is 412 g/mol. The van der Waals surface area contributed by atoms with Gasteiger partial charge in [-0.2, -0.15) is 0 Å². The molecule has 0 radical (unpaired) electrons. The van der Waals surface area contributed by atoms with Crippen LogP contribution in [0.25, 0.3) is 5.57 Å².